The molecular weight excluding hydrogens is 190 g/mol. The Morgan fingerprint density at radius 2 is 2.27 bits per heavy atom. The van der Waals surface area contributed by atoms with Crippen LogP contribution in [0.2, 0.25) is 0 Å². The lowest BCUT2D eigenvalue weighted by Gasteiger charge is -2.02. The molecule has 0 saturated carbocycles. The molecule has 1 aliphatic heterocycles. The molecule has 0 bridgehead atoms. The molecule has 0 unspecified atom stereocenters. The number of nitrogens with one attached hydrogen (secondary N) is 1. The number of allylic oxidation sites excluding steroid dienone is 3. The summed E-state index contributed by atoms with van der Waals surface area (Å²) < 4.78 is 0. The number of nitrogens with zero attached hydrogens (tertiary/aromatic N) is 2. The van der Waals surface area contributed by atoms with E-state index in [-0.39, 0.29) is 0 Å². The number of carbonyl (C=O) groups is 1. The summed E-state index contributed by atoms with van der Waals surface area (Å²) in [5.41, 5.74) is 4.44. The van der Waals surface area contributed by atoms with Gasteiger partial charge in [0.2, 0.25) is 0 Å². The molecule has 1 aromatic rings. The molecule has 4 heteroatoms. The maximum Gasteiger partial charge on any atom is 0.170 e. The van der Waals surface area contributed by atoms with Gasteiger partial charge in [0.25, 0.3) is 0 Å². The first kappa shape index (κ1) is 9.33. The Balaban J connectivity index is 2.46. The van der Waals surface area contributed by atoms with Crippen molar-refractivity contribution in [3.63, 3.8) is 0 Å². The summed E-state index contributed by atoms with van der Waals surface area (Å²) in [7, 11) is 0. The van der Waals surface area contributed by atoms with E-state index in [1.807, 2.05) is 18.2 Å². The largest absolute Gasteiger partial charge is 0.296 e. The molecule has 4 nitrogen and oxygen atoms in total. The van der Waals surface area contributed by atoms with E-state index in [0.717, 1.165) is 5.69 Å². The first-order valence-corrected chi connectivity index (χ1v) is 4.49. The average molecular weight is 199 g/mol. The van der Waals surface area contributed by atoms with Crippen molar-refractivity contribution in [1.29, 1.82) is 0 Å². The van der Waals surface area contributed by atoms with Gasteiger partial charge in [-0.3, -0.25) is 15.2 Å². The summed E-state index contributed by atoms with van der Waals surface area (Å²) in [6.45, 7) is 0. The smallest absolute Gasteiger partial charge is 0.170 e. The van der Waals surface area contributed by atoms with E-state index in [0.29, 0.717) is 17.6 Å². The van der Waals surface area contributed by atoms with Crippen molar-refractivity contribution < 1.29 is 4.79 Å². The monoisotopic (exact) mass is 199 g/mol. The zero-order chi connectivity index (χ0) is 10.5. The topological polar surface area (TPSA) is 54.4 Å². The van der Waals surface area contributed by atoms with Gasteiger partial charge in [-0.15, -0.1) is 0 Å². The fraction of sp³-hybridized carbons (Fsp3) is 0. The highest BCUT2D eigenvalue weighted by molar-refractivity contribution is 6.48. The van der Waals surface area contributed by atoms with Gasteiger partial charge in [0, 0.05) is 18.0 Å². The van der Waals surface area contributed by atoms with E-state index >= 15 is 0 Å². The van der Waals surface area contributed by atoms with Crippen LogP contribution in [0.15, 0.2) is 47.8 Å². The molecule has 2 heterocycles. The number of pyridine rings is 1. The number of rotatable bonds is 2. The Labute approximate surface area is 87.0 Å². The standard InChI is InChI=1S/C11H9N3O/c15-8-11-9(4-3-7-13-14-11)10-5-1-2-6-12-10/h1-8,13H. The fourth-order valence-corrected chi connectivity index (χ4v) is 1.27. The Morgan fingerprint density at radius 1 is 1.33 bits per heavy atom. The van der Waals surface area contributed by atoms with Gasteiger partial charge in [-0.2, -0.15) is 5.10 Å². The number of carbonyl (C=O) groups excluding carboxylic acids is 1. The molecule has 0 spiro atoms. The first-order chi connectivity index (χ1) is 7.42. The van der Waals surface area contributed by atoms with Crippen LogP contribution in [-0.4, -0.2) is 17.0 Å². The molecule has 0 atom stereocenters. The number of aromatic nitrogens is 1. The molecule has 74 valence electrons. The van der Waals surface area contributed by atoms with Crippen LogP contribution >= 0.6 is 0 Å². The van der Waals surface area contributed by atoms with Crippen LogP contribution in [0.1, 0.15) is 5.69 Å². The van der Waals surface area contributed by atoms with Gasteiger partial charge in [-0.25, -0.2) is 0 Å². The van der Waals surface area contributed by atoms with Crippen LogP contribution in [0.3, 0.4) is 0 Å². The molecule has 0 fully saturated rings. The summed E-state index contributed by atoms with van der Waals surface area (Å²) in [5.74, 6) is 0. The second-order valence-electron chi connectivity index (χ2n) is 2.90. The molecule has 0 radical (unpaired) electrons. The van der Waals surface area contributed by atoms with Crippen LogP contribution in [-0.2, 0) is 4.79 Å². The lowest BCUT2D eigenvalue weighted by Crippen LogP contribution is -2.08. The van der Waals surface area contributed by atoms with Gasteiger partial charge in [-0.1, -0.05) is 6.07 Å². The molecule has 0 saturated heterocycles. The van der Waals surface area contributed by atoms with Crippen LogP contribution in [0.25, 0.3) is 5.57 Å². The van der Waals surface area contributed by atoms with Crippen LogP contribution < -0.4 is 5.43 Å². The van der Waals surface area contributed by atoms with Crippen LogP contribution in [0, 0.1) is 0 Å². The highest BCUT2D eigenvalue weighted by atomic mass is 16.1. The van der Waals surface area contributed by atoms with E-state index < -0.39 is 0 Å². The third-order valence-corrected chi connectivity index (χ3v) is 1.95. The van der Waals surface area contributed by atoms with E-state index in [9.17, 15) is 4.79 Å². The summed E-state index contributed by atoms with van der Waals surface area (Å²) in [5, 5.41) is 3.90. The van der Waals surface area contributed by atoms with E-state index in [2.05, 4.69) is 15.5 Å². The maximum absolute atomic E-state index is 10.8. The summed E-state index contributed by atoms with van der Waals surface area (Å²) >= 11 is 0. The molecule has 1 aliphatic rings. The van der Waals surface area contributed by atoms with Gasteiger partial charge in [0.15, 0.2) is 6.29 Å². The number of aldehydes is 1. The average Bonchev–Trinajstić information content (AvgIpc) is 2.55. The Bertz CT molecular complexity index is 446. The van der Waals surface area contributed by atoms with Crippen molar-refractivity contribution in [1.82, 2.24) is 10.4 Å². The minimum absolute atomic E-state index is 0.346. The van der Waals surface area contributed by atoms with E-state index in [1.54, 1.807) is 24.5 Å². The number of hydrazone groups is 1. The van der Waals surface area contributed by atoms with E-state index in [1.165, 1.54) is 0 Å². The van der Waals surface area contributed by atoms with Crippen molar-refractivity contribution >= 4 is 17.6 Å². The molecule has 0 aliphatic carbocycles. The second kappa shape index (κ2) is 4.32. The minimum atomic E-state index is 0.346. The van der Waals surface area contributed by atoms with Gasteiger partial charge >= 0.3 is 0 Å². The molecular formula is C11H9N3O. The summed E-state index contributed by atoms with van der Waals surface area (Å²) in [6.07, 6.45) is 7.63. The summed E-state index contributed by atoms with van der Waals surface area (Å²) in [6, 6.07) is 5.53. The number of hydrogen-bond donors (Lipinski definition) is 1. The van der Waals surface area contributed by atoms with Crippen LogP contribution in [0.4, 0.5) is 0 Å². The fourth-order valence-electron chi connectivity index (χ4n) is 1.27. The lowest BCUT2D eigenvalue weighted by molar-refractivity contribution is -0.102. The van der Waals surface area contributed by atoms with Gasteiger partial charge < -0.3 is 0 Å². The quantitative estimate of drug-likeness (QED) is 0.726. The van der Waals surface area contributed by atoms with Crippen molar-refractivity contribution in [2.24, 2.45) is 5.10 Å². The minimum Gasteiger partial charge on any atom is -0.296 e. The van der Waals surface area contributed by atoms with Crippen LogP contribution in [0.5, 0.6) is 0 Å². The zero-order valence-electron chi connectivity index (χ0n) is 7.92. The number of hydrogen-bond acceptors (Lipinski definition) is 4. The van der Waals surface area contributed by atoms with E-state index in [4.69, 9.17) is 0 Å². The predicted octanol–water partition coefficient (Wildman–Crippen LogP) is 1.14. The van der Waals surface area contributed by atoms with Gasteiger partial charge in [0.05, 0.1) is 5.69 Å². The molecule has 1 N–H and O–H groups in total. The summed E-state index contributed by atoms with van der Waals surface area (Å²) in [4.78, 5) is 15.0. The van der Waals surface area contributed by atoms with Crippen molar-refractivity contribution in [3.8, 4) is 0 Å². The maximum atomic E-state index is 10.8. The van der Waals surface area contributed by atoms with Gasteiger partial charge in [-0.05, 0) is 24.3 Å². The molecule has 1 aromatic heterocycles. The molecule has 15 heavy (non-hydrogen) atoms. The second-order valence-corrected chi connectivity index (χ2v) is 2.90. The molecule has 2 rings (SSSR count). The molecule has 0 amide bonds. The highest BCUT2D eigenvalue weighted by Crippen LogP contribution is 2.13. The van der Waals surface area contributed by atoms with Crippen molar-refractivity contribution in [2.45, 2.75) is 0 Å². The zero-order valence-corrected chi connectivity index (χ0v) is 7.92. The Kier molecular flexibility index (Phi) is 2.69. The van der Waals surface area contributed by atoms with Gasteiger partial charge in [0.1, 0.15) is 5.71 Å². The SMILES string of the molecule is O=CC1=NNC=CC=C1c1ccccn1. The normalized spacial score (nSPS) is 14.7. The third-order valence-electron chi connectivity index (χ3n) is 1.95. The first-order valence-electron chi connectivity index (χ1n) is 4.49. The van der Waals surface area contributed by atoms with Crippen molar-refractivity contribution in [3.05, 3.63) is 48.4 Å². The van der Waals surface area contributed by atoms with Crippen molar-refractivity contribution in [2.75, 3.05) is 0 Å². The predicted molar refractivity (Wildman–Crippen MR) is 58.0 cm³/mol. The Morgan fingerprint density at radius 3 is 3.00 bits per heavy atom. The Hall–Kier alpha value is -2.23. The lowest BCUT2D eigenvalue weighted by atomic mass is 10.1. The third kappa shape index (κ3) is 1.99. The highest BCUT2D eigenvalue weighted by Gasteiger charge is 2.10. The molecule has 0 aromatic carbocycles.